The van der Waals surface area contributed by atoms with Crippen molar-refractivity contribution in [3.63, 3.8) is 0 Å². The molecule has 2 atom stereocenters. The van der Waals surface area contributed by atoms with E-state index in [4.69, 9.17) is 14.2 Å². The Labute approximate surface area is 75.0 Å². The fourth-order valence-corrected chi connectivity index (χ4v) is 0.850. The molecule has 0 aliphatic rings. The summed E-state index contributed by atoms with van der Waals surface area (Å²) in [7, 11) is 3.28. The topological polar surface area (TPSA) is 27.7 Å². The van der Waals surface area contributed by atoms with Crippen molar-refractivity contribution in [3.8, 4) is 0 Å². The molecule has 0 saturated carbocycles. The molecule has 0 radical (unpaired) electrons. The second-order valence-corrected chi connectivity index (χ2v) is 2.77. The molecular weight excluding hydrogens is 156 g/mol. The molecule has 3 heteroatoms. The molecule has 0 saturated heterocycles. The van der Waals surface area contributed by atoms with Gasteiger partial charge in [0.15, 0.2) is 6.29 Å². The second kappa shape index (κ2) is 7.53. The van der Waals surface area contributed by atoms with Gasteiger partial charge in [0.05, 0.1) is 0 Å². The summed E-state index contributed by atoms with van der Waals surface area (Å²) < 4.78 is 15.6. The minimum Gasteiger partial charge on any atom is -0.376 e. The molecule has 0 amide bonds. The molecule has 2 unspecified atom stereocenters. The molecule has 12 heavy (non-hydrogen) atoms. The zero-order chi connectivity index (χ0) is 9.40. The van der Waals surface area contributed by atoms with Crippen LogP contribution in [0.1, 0.15) is 26.7 Å². The van der Waals surface area contributed by atoms with Gasteiger partial charge in [-0.2, -0.15) is 0 Å². The van der Waals surface area contributed by atoms with Gasteiger partial charge >= 0.3 is 0 Å². The first-order valence-corrected chi connectivity index (χ1v) is 4.43. The Balaban J connectivity index is 3.52. The number of hydrogen-bond donors (Lipinski definition) is 0. The third-order valence-corrected chi connectivity index (χ3v) is 1.77. The maximum atomic E-state index is 5.44. The van der Waals surface area contributed by atoms with Gasteiger partial charge in [-0.3, -0.25) is 0 Å². The van der Waals surface area contributed by atoms with Crippen LogP contribution in [0.3, 0.4) is 0 Å². The van der Waals surface area contributed by atoms with Crippen molar-refractivity contribution in [3.05, 3.63) is 0 Å². The summed E-state index contributed by atoms with van der Waals surface area (Å²) in [6.07, 6.45) is 1.96. The number of methoxy groups -OCH3 is 2. The summed E-state index contributed by atoms with van der Waals surface area (Å²) in [5.41, 5.74) is 0. The molecule has 0 aromatic heterocycles. The molecule has 3 nitrogen and oxygen atoms in total. The largest absolute Gasteiger partial charge is 0.376 e. The first kappa shape index (κ1) is 11.9. The van der Waals surface area contributed by atoms with E-state index in [0.29, 0.717) is 0 Å². The van der Waals surface area contributed by atoms with Crippen molar-refractivity contribution in [1.29, 1.82) is 0 Å². The molecule has 0 aliphatic carbocycles. The van der Waals surface area contributed by atoms with Gasteiger partial charge in [0.2, 0.25) is 0 Å². The summed E-state index contributed by atoms with van der Waals surface area (Å²) in [6, 6.07) is 0. The second-order valence-electron chi connectivity index (χ2n) is 2.77. The van der Waals surface area contributed by atoms with Crippen LogP contribution in [-0.4, -0.2) is 33.2 Å². The Morgan fingerprint density at radius 1 is 1.17 bits per heavy atom. The third kappa shape index (κ3) is 4.70. The zero-order valence-electron chi connectivity index (χ0n) is 8.50. The van der Waals surface area contributed by atoms with Crippen LogP contribution >= 0.6 is 0 Å². The normalized spacial score (nSPS) is 16.0. The van der Waals surface area contributed by atoms with Crippen molar-refractivity contribution in [2.24, 2.45) is 0 Å². The highest BCUT2D eigenvalue weighted by Crippen LogP contribution is 2.04. The Morgan fingerprint density at radius 3 is 2.25 bits per heavy atom. The van der Waals surface area contributed by atoms with Crippen LogP contribution in [0, 0.1) is 0 Å². The molecule has 0 N–H and O–H groups in total. The van der Waals surface area contributed by atoms with Crippen molar-refractivity contribution in [1.82, 2.24) is 0 Å². The van der Waals surface area contributed by atoms with Crippen LogP contribution < -0.4 is 0 Å². The molecule has 0 spiro atoms. The van der Waals surface area contributed by atoms with Crippen LogP contribution in [-0.2, 0) is 14.2 Å². The maximum absolute atomic E-state index is 5.44. The SMILES string of the molecule is CCCCOC(OC)C(C)OC. The fraction of sp³-hybridized carbons (Fsp3) is 1.00. The van der Waals surface area contributed by atoms with E-state index in [1.807, 2.05) is 6.92 Å². The zero-order valence-corrected chi connectivity index (χ0v) is 8.50. The van der Waals surface area contributed by atoms with E-state index in [1.54, 1.807) is 14.2 Å². The highest BCUT2D eigenvalue weighted by atomic mass is 16.7. The third-order valence-electron chi connectivity index (χ3n) is 1.77. The smallest absolute Gasteiger partial charge is 0.183 e. The lowest BCUT2D eigenvalue weighted by atomic mass is 10.3. The van der Waals surface area contributed by atoms with Gasteiger partial charge in [-0.1, -0.05) is 13.3 Å². The van der Waals surface area contributed by atoms with Gasteiger partial charge in [0.25, 0.3) is 0 Å². The summed E-state index contributed by atoms with van der Waals surface area (Å²) in [6.45, 7) is 4.80. The van der Waals surface area contributed by atoms with Crippen molar-refractivity contribution >= 4 is 0 Å². The predicted octanol–water partition coefficient (Wildman–Crippen LogP) is 1.81. The number of hydrogen-bond acceptors (Lipinski definition) is 3. The lowest BCUT2D eigenvalue weighted by molar-refractivity contribution is -0.182. The van der Waals surface area contributed by atoms with E-state index in [1.165, 1.54) is 0 Å². The molecule has 0 heterocycles. The monoisotopic (exact) mass is 176 g/mol. The first-order valence-electron chi connectivity index (χ1n) is 4.43. The molecule has 0 aromatic rings. The van der Waals surface area contributed by atoms with Gasteiger partial charge in [-0.05, 0) is 13.3 Å². The molecule has 0 bridgehead atoms. The van der Waals surface area contributed by atoms with E-state index in [-0.39, 0.29) is 12.4 Å². The van der Waals surface area contributed by atoms with Gasteiger partial charge in [-0.15, -0.1) is 0 Å². The summed E-state index contributed by atoms with van der Waals surface area (Å²) in [5, 5.41) is 0. The van der Waals surface area contributed by atoms with Gasteiger partial charge in [-0.25, -0.2) is 0 Å². The lowest BCUT2D eigenvalue weighted by Crippen LogP contribution is -2.30. The van der Waals surface area contributed by atoms with Crippen LogP contribution in [0.25, 0.3) is 0 Å². The number of unbranched alkanes of at least 4 members (excludes halogenated alkanes) is 1. The average molecular weight is 176 g/mol. The van der Waals surface area contributed by atoms with E-state index >= 15 is 0 Å². The van der Waals surface area contributed by atoms with Crippen molar-refractivity contribution in [2.75, 3.05) is 20.8 Å². The molecule has 0 rings (SSSR count). The highest BCUT2D eigenvalue weighted by Gasteiger charge is 2.15. The van der Waals surface area contributed by atoms with Gasteiger partial charge in [0, 0.05) is 20.8 Å². The predicted molar refractivity (Wildman–Crippen MR) is 48.1 cm³/mol. The van der Waals surface area contributed by atoms with E-state index in [0.717, 1.165) is 19.4 Å². The summed E-state index contributed by atoms with van der Waals surface area (Å²) >= 11 is 0. The van der Waals surface area contributed by atoms with Gasteiger partial charge in [0.1, 0.15) is 6.10 Å². The molecule has 0 aliphatic heterocycles. The van der Waals surface area contributed by atoms with Crippen molar-refractivity contribution in [2.45, 2.75) is 39.1 Å². The Bertz CT molecular complexity index is 95.8. The highest BCUT2D eigenvalue weighted by molar-refractivity contribution is 4.53. The van der Waals surface area contributed by atoms with E-state index in [2.05, 4.69) is 6.92 Å². The molecule has 0 aromatic carbocycles. The Kier molecular flexibility index (Phi) is 7.45. The van der Waals surface area contributed by atoms with Crippen molar-refractivity contribution < 1.29 is 14.2 Å². The van der Waals surface area contributed by atoms with Crippen LogP contribution in [0.2, 0.25) is 0 Å². The maximum Gasteiger partial charge on any atom is 0.183 e. The first-order chi connectivity index (χ1) is 5.76. The molecular formula is C9H20O3. The summed E-state index contributed by atoms with van der Waals surface area (Å²) in [5.74, 6) is 0. The number of ether oxygens (including phenoxy) is 3. The quantitative estimate of drug-likeness (QED) is 0.437. The fourth-order valence-electron chi connectivity index (χ4n) is 0.850. The van der Waals surface area contributed by atoms with E-state index in [9.17, 15) is 0 Å². The summed E-state index contributed by atoms with van der Waals surface area (Å²) in [4.78, 5) is 0. The van der Waals surface area contributed by atoms with Crippen LogP contribution in [0.15, 0.2) is 0 Å². The van der Waals surface area contributed by atoms with Gasteiger partial charge < -0.3 is 14.2 Å². The number of rotatable bonds is 7. The van der Waals surface area contributed by atoms with E-state index < -0.39 is 0 Å². The Hall–Kier alpha value is -0.120. The minimum absolute atomic E-state index is 0.00754. The standard InChI is InChI=1S/C9H20O3/c1-5-6-7-12-9(11-4)8(2)10-3/h8-9H,5-7H2,1-4H3. The molecule has 74 valence electrons. The van der Waals surface area contributed by atoms with Crippen LogP contribution in [0.4, 0.5) is 0 Å². The average Bonchev–Trinajstić information content (AvgIpc) is 2.11. The molecule has 0 fully saturated rings. The minimum atomic E-state index is -0.235. The van der Waals surface area contributed by atoms with Crippen LogP contribution in [0.5, 0.6) is 0 Å². The lowest BCUT2D eigenvalue weighted by Gasteiger charge is -2.21. The Morgan fingerprint density at radius 2 is 1.83 bits per heavy atom.